The number of carbonyl (C=O) groups excluding carboxylic acids is 2. The predicted molar refractivity (Wildman–Crippen MR) is 118 cm³/mol. The number of amides is 2. The van der Waals surface area contributed by atoms with Gasteiger partial charge in [0.05, 0.1) is 24.2 Å². The molecule has 0 aliphatic carbocycles. The normalized spacial score (nSPS) is 24.3. The second kappa shape index (κ2) is 8.36. The van der Waals surface area contributed by atoms with Gasteiger partial charge in [-0.15, -0.1) is 0 Å². The van der Waals surface area contributed by atoms with Gasteiger partial charge < -0.3 is 15.0 Å². The number of benzene rings is 1. The highest BCUT2D eigenvalue weighted by atomic mass is 16.5. The van der Waals surface area contributed by atoms with Crippen LogP contribution in [0.15, 0.2) is 30.3 Å². The van der Waals surface area contributed by atoms with Gasteiger partial charge in [0.1, 0.15) is 11.4 Å². The number of likely N-dealkylation sites (tertiary alicyclic amines) is 1. The van der Waals surface area contributed by atoms with Crippen molar-refractivity contribution in [3.63, 3.8) is 0 Å². The molecule has 3 heterocycles. The van der Waals surface area contributed by atoms with Crippen molar-refractivity contribution >= 4 is 11.8 Å². The molecule has 2 aliphatic rings. The number of carbonyl (C=O) groups is 2. The molecule has 0 bridgehead atoms. The van der Waals surface area contributed by atoms with Crippen LogP contribution in [0.2, 0.25) is 0 Å². The molecule has 0 saturated carbocycles. The smallest absolute Gasteiger partial charge is 0.225 e. The quantitative estimate of drug-likeness (QED) is 0.818. The molecule has 1 aromatic carbocycles. The largest absolute Gasteiger partial charge is 0.487 e. The van der Waals surface area contributed by atoms with Crippen LogP contribution >= 0.6 is 0 Å². The van der Waals surface area contributed by atoms with Crippen LogP contribution in [-0.4, -0.2) is 45.7 Å². The third-order valence-corrected chi connectivity index (χ3v) is 6.63. The topological polar surface area (TPSA) is 76.5 Å². The average Bonchev–Trinajstić information content (AvgIpc) is 2.99. The highest BCUT2D eigenvalue weighted by Gasteiger charge is 2.43. The van der Waals surface area contributed by atoms with Crippen molar-refractivity contribution in [2.45, 2.75) is 64.6 Å². The molecule has 1 spiro atoms. The Balaban J connectivity index is 1.53. The Bertz CT molecular complexity index is 985. The number of nitrogens with zero attached hydrogens (tertiary/aromatic N) is 3. The van der Waals surface area contributed by atoms with E-state index < -0.39 is 5.60 Å². The second-order valence-electron chi connectivity index (χ2n) is 9.16. The molecule has 7 nitrogen and oxygen atoms in total. The fourth-order valence-corrected chi connectivity index (χ4v) is 4.72. The van der Waals surface area contributed by atoms with Crippen LogP contribution in [0.4, 0.5) is 0 Å². The first kappa shape index (κ1) is 21.4. The van der Waals surface area contributed by atoms with E-state index in [4.69, 9.17) is 4.74 Å². The molecule has 2 amide bonds. The van der Waals surface area contributed by atoms with Gasteiger partial charge in [-0.1, -0.05) is 25.1 Å². The van der Waals surface area contributed by atoms with Gasteiger partial charge in [0, 0.05) is 44.1 Å². The molecule has 3 atom stereocenters. The summed E-state index contributed by atoms with van der Waals surface area (Å²) in [6.07, 6.45) is 2.56. The van der Waals surface area contributed by atoms with Crippen molar-refractivity contribution in [2.75, 3.05) is 13.6 Å². The van der Waals surface area contributed by atoms with E-state index in [9.17, 15) is 9.59 Å². The van der Waals surface area contributed by atoms with Crippen LogP contribution < -0.4 is 10.1 Å². The van der Waals surface area contributed by atoms with Crippen molar-refractivity contribution in [2.24, 2.45) is 5.92 Å². The van der Waals surface area contributed by atoms with Crippen LogP contribution in [-0.2, 0) is 16.1 Å². The van der Waals surface area contributed by atoms with E-state index in [0.717, 1.165) is 29.1 Å². The molecular formula is C24H32N4O3. The van der Waals surface area contributed by atoms with Gasteiger partial charge in [0.25, 0.3) is 0 Å². The zero-order valence-electron chi connectivity index (χ0n) is 18.9. The molecule has 4 rings (SSSR count). The number of hydrogen-bond acceptors (Lipinski definition) is 4. The van der Waals surface area contributed by atoms with E-state index in [1.54, 1.807) is 4.90 Å². The molecule has 0 radical (unpaired) electrons. The molecular weight excluding hydrogens is 392 g/mol. The molecule has 166 valence electrons. The van der Waals surface area contributed by atoms with E-state index in [0.29, 0.717) is 32.4 Å². The summed E-state index contributed by atoms with van der Waals surface area (Å²) in [5, 5.41) is 7.77. The lowest BCUT2D eigenvalue weighted by Gasteiger charge is -2.42. The first-order valence-electron chi connectivity index (χ1n) is 11.1. The first-order valence-corrected chi connectivity index (χ1v) is 11.1. The van der Waals surface area contributed by atoms with Gasteiger partial charge in [0.2, 0.25) is 11.8 Å². The third-order valence-electron chi connectivity index (χ3n) is 6.63. The highest BCUT2D eigenvalue weighted by molar-refractivity contribution is 5.79. The molecule has 1 aromatic heterocycles. The molecule has 1 saturated heterocycles. The maximum absolute atomic E-state index is 13.1. The van der Waals surface area contributed by atoms with E-state index >= 15 is 0 Å². The average molecular weight is 425 g/mol. The summed E-state index contributed by atoms with van der Waals surface area (Å²) >= 11 is 0. The number of fused-ring (bicyclic) bond motifs is 1. The zero-order valence-corrected chi connectivity index (χ0v) is 18.9. The van der Waals surface area contributed by atoms with Crippen LogP contribution in [0.25, 0.3) is 0 Å². The van der Waals surface area contributed by atoms with Crippen LogP contribution in [0, 0.1) is 19.8 Å². The Kier molecular flexibility index (Phi) is 5.77. The van der Waals surface area contributed by atoms with E-state index in [1.165, 1.54) is 0 Å². The summed E-state index contributed by atoms with van der Waals surface area (Å²) in [5.41, 5.74) is 2.58. The Morgan fingerprint density at radius 1 is 1.32 bits per heavy atom. The molecule has 31 heavy (non-hydrogen) atoms. The van der Waals surface area contributed by atoms with E-state index in [1.807, 2.05) is 62.8 Å². The minimum atomic E-state index is -0.439. The second-order valence-corrected chi connectivity index (χ2v) is 9.16. The number of hydrogen-bond donors (Lipinski definition) is 1. The fraction of sp³-hybridized carbons (Fsp3) is 0.542. The van der Waals surface area contributed by atoms with Crippen molar-refractivity contribution in [1.29, 1.82) is 0 Å². The molecule has 2 aliphatic heterocycles. The fourth-order valence-electron chi connectivity index (χ4n) is 4.72. The monoisotopic (exact) mass is 424 g/mol. The van der Waals surface area contributed by atoms with Gasteiger partial charge in [-0.2, -0.15) is 5.10 Å². The summed E-state index contributed by atoms with van der Waals surface area (Å²) in [6.45, 7) is 7.11. The molecule has 1 N–H and O–H groups in total. The Morgan fingerprint density at radius 3 is 2.84 bits per heavy atom. The van der Waals surface area contributed by atoms with Gasteiger partial charge in [-0.05, 0) is 32.4 Å². The molecule has 0 unspecified atom stereocenters. The SMILES string of the molecule is Cc1cc(C)n(C[C@H](C)C(=O)N[C@@H]2C[C@@]3(CCC(=O)N(C)CC3)Oc3ccccc32)n1. The summed E-state index contributed by atoms with van der Waals surface area (Å²) in [5.74, 6) is 0.748. The number of aryl methyl sites for hydroxylation is 2. The molecule has 7 heteroatoms. The first-order chi connectivity index (χ1) is 14.8. The lowest BCUT2D eigenvalue weighted by Crippen LogP contribution is -2.46. The number of ether oxygens (including phenoxy) is 1. The molecule has 1 fully saturated rings. The van der Waals surface area contributed by atoms with Crippen LogP contribution in [0.3, 0.4) is 0 Å². The van der Waals surface area contributed by atoms with E-state index in [-0.39, 0.29) is 23.8 Å². The minimum Gasteiger partial charge on any atom is -0.487 e. The lowest BCUT2D eigenvalue weighted by molar-refractivity contribution is -0.129. The summed E-state index contributed by atoms with van der Waals surface area (Å²) in [7, 11) is 1.85. The van der Waals surface area contributed by atoms with Gasteiger partial charge in [-0.3, -0.25) is 14.3 Å². The number of rotatable bonds is 4. The van der Waals surface area contributed by atoms with E-state index in [2.05, 4.69) is 10.4 Å². The number of aromatic nitrogens is 2. The number of nitrogens with one attached hydrogen (secondary N) is 1. The van der Waals surface area contributed by atoms with Gasteiger partial charge >= 0.3 is 0 Å². The van der Waals surface area contributed by atoms with Crippen molar-refractivity contribution < 1.29 is 14.3 Å². The lowest BCUT2D eigenvalue weighted by atomic mass is 9.82. The van der Waals surface area contributed by atoms with Gasteiger partial charge in [0.15, 0.2) is 0 Å². The van der Waals surface area contributed by atoms with Crippen LogP contribution in [0.1, 0.15) is 55.6 Å². The van der Waals surface area contributed by atoms with Crippen molar-refractivity contribution in [3.8, 4) is 5.75 Å². The Hall–Kier alpha value is -2.83. The third kappa shape index (κ3) is 4.45. The molecule has 2 aromatic rings. The van der Waals surface area contributed by atoms with Crippen molar-refractivity contribution in [1.82, 2.24) is 20.0 Å². The summed E-state index contributed by atoms with van der Waals surface area (Å²) in [6, 6.07) is 9.80. The maximum atomic E-state index is 13.1. The minimum absolute atomic E-state index is 0.00576. The Labute approximate surface area is 183 Å². The maximum Gasteiger partial charge on any atom is 0.225 e. The highest BCUT2D eigenvalue weighted by Crippen LogP contribution is 2.44. The summed E-state index contributed by atoms with van der Waals surface area (Å²) < 4.78 is 8.37. The Morgan fingerprint density at radius 2 is 2.10 bits per heavy atom. The standard InChI is InChI=1S/C24H32N4O3/c1-16(15-28-18(3)13-17(2)26-28)23(30)25-20-14-24(10-9-22(29)27(4)12-11-24)31-21-8-6-5-7-19(20)21/h5-8,13,16,20H,9-12,14-15H2,1-4H3,(H,25,30)/t16-,20+,24-/m0/s1. The van der Waals surface area contributed by atoms with Crippen LogP contribution in [0.5, 0.6) is 5.75 Å². The zero-order chi connectivity index (χ0) is 22.2. The predicted octanol–water partition coefficient (Wildman–Crippen LogP) is 3.16. The number of para-hydroxylation sites is 1. The van der Waals surface area contributed by atoms with Gasteiger partial charge in [-0.25, -0.2) is 0 Å². The summed E-state index contributed by atoms with van der Waals surface area (Å²) in [4.78, 5) is 27.1. The van der Waals surface area contributed by atoms with Crippen molar-refractivity contribution in [3.05, 3.63) is 47.3 Å².